The van der Waals surface area contributed by atoms with Crippen molar-refractivity contribution in [3.05, 3.63) is 15.6 Å². The molecule has 1 aromatic heterocycles. The Bertz CT molecular complexity index is 389. The molecule has 1 aromatic rings. The summed E-state index contributed by atoms with van der Waals surface area (Å²) in [5.41, 5.74) is 1.34. The van der Waals surface area contributed by atoms with Gasteiger partial charge < -0.3 is 5.11 Å². The van der Waals surface area contributed by atoms with Crippen LogP contribution in [0.1, 0.15) is 42.3 Å². The van der Waals surface area contributed by atoms with Crippen LogP contribution in [0.3, 0.4) is 0 Å². The first-order chi connectivity index (χ1) is 8.54. The van der Waals surface area contributed by atoms with E-state index < -0.39 is 0 Å². The van der Waals surface area contributed by atoms with Crippen molar-refractivity contribution in [2.75, 3.05) is 13.6 Å². The van der Waals surface area contributed by atoms with Gasteiger partial charge in [-0.05, 0) is 45.6 Å². The zero-order valence-corrected chi connectivity index (χ0v) is 12.5. The summed E-state index contributed by atoms with van der Waals surface area (Å²) in [5.74, 6) is 0.818. The second kappa shape index (κ2) is 6.13. The summed E-state index contributed by atoms with van der Waals surface area (Å²) in [6.07, 6.45) is 4.28. The van der Waals surface area contributed by atoms with Gasteiger partial charge in [0.25, 0.3) is 0 Å². The van der Waals surface area contributed by atoms with Crippen LogP contribution < -0.4 is 0 Å². The molecule has 102 valence electrons. The summed E-state index contributed by atoms with van der Waals surface area (Å²) in [6, 6.07) is 0. The number of thiazole rings is 1. The molecule has 1 aliphatic carbocycles. The highest BCUT2D eigenvalue weighted by Crippen LogP contribution is 2.30. The molecule has 0 aliphatic heterocycles. The van der Waals surface area contributed by atoms with Crippen molar-refractivity contribution in [2.45, 2.75) is 52.2 Å². The van der Waals surface area contributed by atoms with Crippen molar-refractivity contribution in [1.29, 1.82) is 0 Å². The fourth-order valence-electron chi connectivity index (χ4n) is 2.38. The fourth-order valence-corrected chi connectivity index (χ4v) is 3.74. The maximum atomic E-state index is 9.29. The summed E-state index contributed by atoms with van der Waals surface area (Å²) in [4.78, 5) is 8.52. The number of aryl methyl sites for hydroxylation is 1. The van der Waals surface area contributed by atoms with Gasteiger partial charge in [-0.3, -0.25) is 4.90 Å². The van der Waals surface area contributed by atoms with Gasteiger partial charge in [-0.2, -0.15) is 0 Å². The highest BCUT2D eigenvalue weighted by atomic mass is 32.1. The summed E-state index contributed by atoms with van der Waals surface area (Å²) in [6.45, 7) is 6.02. The van der Waals surface area contributed by atoms with Crippen LogP contribution in [0.5, 0.6) is 0 Å². The van der Waals surface area contributed by atoms with Crippen molar-refractivity contribution in [3.8, 4) is 0 Å². The summed E-state index contributed by atoms with van der Waals surface area (Å²) in [7, 11) is 2.10. The molecular formula is C14H24N2OS. The highest BCUT2D eigenvalue weighted by molar-refractivity contribution is 7.11. The van der Waals surface area contributed by atoms with Crippen LogP contribution in [0.4, 0.5) is 0 Å². The normalized spacial score (nSPS) is 21.1. The summed E-state index contributed by atoms with van der Waals surface area (Å²) in [5, 5.41) is 10.5. The molecule has 1 aliphatic rings. The van der Waals surface area contributed by atoms with Crippen LogP contribution in [0.15, 0.2) is 0 Å². The first-order valence-electron chi connectivity index (χ1n) is 6.88. The van der Waals surface area contributed by atoms with E-state index in [0.717, 1.165) is 31.8 Å². The van der Waals surface area contributed by atoms with E-state index in [-0.39, 0.29) is 6.10 Å². The second-order valence-corrected chi connectivity index (χ2v) is 6.87. The molecular weight excluding hydrogens is 244 g/mol. The third-order valence-corrected chi connectivity index (χ3v) is 4.67. The first kappa shape index (κ1) is 14.0. The van der Waals surface area contributed by atoms with E-state index >= 15 is 0 Å². The molecule has 0 amide bonds. The number of rotatable bonds is 5. The SMILES string of the molecule is CC(O)CCN(C)Cc1nc2c(s1)CC(C)CC2. The molecule has 1 heterocycles. The highest BCUT2D eigenvalue weighted by Gasteiger charge is 2.20. The molecule has 3 nitrogen and oxygen atoms in total. The van der Waals surface area contributed by atoms with Crippen LogP contribution in [-0.2, 0) is 19.4 Å². The van der Waals surface area contributed by atoms with Gasteiger partial charge in [-0.15, -0.1) is 11.3 Å². The zero-order chi connectivity index (χ0) is 13.1. The predicted octanol–water partition coefficient (Wildman–Crippen LogP) is 2.47. The lowest BCUT2D eigenvalue weighted by Crippen LogP contribution is -2.22. The van der Waals surface area contributed by atoms with Crippen LogP contribution in [-0.4, -0.2) is 34.7 Å². The minimum absolute atomic E-state index is 0.210. The van der Waals surface area contributed by atoms with E-state index in [1.165, 1.54) is 28.4 Å². The zero-order valence-electron chi connectivity index (χ0n) is 11.6. The van der Waals surface area contributed by atoms with Crippen molar-refractivity contribution in [1.82, 2.24) is 9.88 Å². The largest absolute Gasteiger partial charge is 0.393 e. The fraction of sp³-hybridized carbons (Fsp3) is 0.786. The van der Waals surface area contributed by atoms with Gasteiger partial charge in [0.05, 0.1) is 18.3 Å². The number of hydrogen-bond donors (Lipinski definition) is 1. The Balaban J connectivity index is 1.90. The van der Waals surface area contributed by atoms with E-state index in [1.54, 1.807) is 0 Å². The van der Waals surface area contributed by atoms with Crippen molar-refractivity contribution in [2.24, 2.45) is 5.92 Å². The molecule has 2 unspecified atom stereocenters. The molecule has 0 aromatic carbocycles. The number of aliphatic hydroxyl groups is 1. The molecule has 0 spiro atoms. The Morgan fingerprint density at radius 3 is 3.06 bits per heavy atom. The molecule has 0 saturated carbocycles. The minimum atomic E-state index is -0.210. The van der Waals surface area contributed by atoms with Crippen molar-refractivity contribution < 1.29 is 5.11 Å². The van der Waals surface area contributed by atoms with E-state index in [4.69, 9.17) is 4.98 Å². The number of fused-ring (bicyclic) bond motifs is 1. The van der Waals surface area contributed by atoms with E-state index in [2.05, 4.69) is 18.9 Å². The summed E-state index contributed by atoms with van der Waals surface area (Å²) >= 11 is 1.89. The van der Waals surface area contributed by atoms with Crippen LogP contribution in [0, 0.1) is 5.92 Å². The van der Waals surface area contributed by atoms with E-state index in [9.17, 15) is 5.11 Å². The molecule has 0 radical (unpaired) electrons. The van der Waals surface area contributed by atoms with Crippen molar-refractivity contribution >= 4 is 11.3 Å². The molecule has 1 N–H and O–H groups in total. The Morgan fingerprint density at radius 1 is 1.56 bits per heavy atom. The van der Waals surface area contributed by atoms with E-state index in [1.807, 2.05) is 18.3 Å². The number of aliphatic hydroxyl groups excluding tert-OH is 1. The standard InChI is InChI=1S/C14H24N2OS/c1-10-4-5-12-13(8-10)18-14(15-12)9-16(3)7-6-11(2)17/h10-11,17H,4-9H2,1-3H3. The van der Waals surface area contributed by atoms with Crippen LogP contribution in [0.2, 0.25) is 0 Å². The number of aromatic nitrogens is 1. The third-order valence-electron chi connectivity index (χ3n) is 3.56. The quantitative estimate of drug-likeness (QED) is 0.891. The Hall–Kier alpha value is -0.450. The summed E-state index contributed by atoms with van der Waals surface area (Å²) < 4.78 is 0. The average molecular weight is 268 g/mol. The lowest BCUT2D eigenvalue weighted by molar-refractivity contribution is 0.163. The molecule has 0 fully saturated rings. The van der Waals surface area contributed by atoms with Gasteiger partial charge in [0.2, 0.25) is 0 Å². The first-order valence-corrected chi connectivity index (χ1v) is 7.70. The Morgan fingerprint density at radius 2 is 2.33 bits per heavy atom. The minimum Gasteiger partial charge on any atom is -0.393 e. The molecule has 18 heavy (non-hydrogen) atoms. The maximum Gasteiger partial charge on any atom is 0.107 e. The average Bonchev–Trinajstić information content (AvgIpc) is 2.67. The van der Waals surface area contributed by atoms with Gasteiger partial charge in [0.1, 0.15) is 5.01 Å². The monoisotopic (exact) mass is 268 g/mol. The molecule has 2 atom stereocenters. The number of hydrogen-bond acceptors (Lipinski definition) is 4. The van der Waals surface area contributed by atoms with Gasteiger partial charge in [-0.1, -0.05) is 6.92 Å². The van der Waals surface area contributed by atoms with Gasteiger partial charge >= 0.3 is 0 Å². The lowest BCUT2D eigenvalue weighted by atomic mass is 9.93. The van der Waals surface area contributed by atoms with Crippen LogP contribution >= 0.6 is 11.3 Å². The second-order valence-electron chi connectivity index (χ2n) is 5.70. The van der Waals surface area contributed by atoms with Gasteiger partial charge in [-0.25, -0.2) is 4.98 Å². The van der Waals surface area contributed by atoms with Crippen molar-refractivity contribution in [3.63, 3.8) is 0 Å². The molecule has 0 bridgehead atoms. The third kappa shape index (κ3) is 3.77. The Labute approximate surface area is 114 Å². The van der Waals surface area contributed by atoms with Gasteiger partial charge in [0.15, 0.2) is 0 Å². The number of nitrogens with zero attached hydrogens (tertiary/aromatic N) is 2. The maximum absolute atomic E-state index is 9.29. The lowest BCUT2D eigenvalue weighted by Gasteiger charge is -2.15. The van der Waals surface area contributed by atoms with Gasteiger partial charge in [0, 0.05) is 11.4 Å². The smallest absolute Gasteiger partial charge is 0.107 e. The Kier molecular flexibility index (Phi) is 4.76. The van der Waals surface area contributed by atoms with E-state index in [0.29, 0.717) is 0 Å². The molecule has 4 heteroatoms. The topological polar surface area (TPSA) is 36.4 Å². The van der Waals surface area contributed by atoms with Crippen LogP contribution in [0.25, 0.3) is 0 Å². The predicted molar refractivity (Wildman–Crippen MR) is 75.9 cm³/mol. The molecule has 2 rings (SSSR count). The molecule has 0 saturated heterocycles.